The summed E-state index contributed by atoms with van der Waals surface area (Å²) in [5.41, 5.74) is -0.452. The topological polar surface area (TPSA) is 192 Å². The van der Waals surface area contributed by atoms with E-state index in [-0.39, 0.29) is 40.0 Å². The van der Waals surface area contributed by atoms with Gasteiger partial charge in [0.05, 0.1) is 0 Å². The summed E-state index contributed by atoms with van der Waals surface area (Å²) in [6.07, 6.45) is 1.19. The van der Waals surface area contributed by atoms with E-state index in [1.165, 1.54) is 13.4 Å². The molecule has 3 aromatic rings. The lowest BCUT2D eigenvalue weighted by Gasteiger charge is -2.02. The smallest absolute Gasteiger partial charge is 0.309 e. The van der Waals surface area contributed by atoms with Gasteiger partial charge in [-0.15, -0.1) is 15.3 Å². The van der Waals surface area contributed by atoms with Crippen LogP contribution in [-0.2, 0) is 4.79 Å². The number of aromatic hydroxyl groups is 1. The van der Waals surface area contributed by atoms with E-state index in [0.717, 1.165) is 11.6 Å². The van der Waals surface area contributed by atoms with Gasteiger partial charge < -0.3 is 15.2 Å². The number of azo groups is 1. The number of esters is 1. The Morgan fingerprint density at radius 1 is 1.46 bits per heavy atom. The Hall–Kier alpha value is -4.12. The lowest BCUT2D eigenvalue weighted by atomic mass is 10.3. The number of hydrogen-bond acceptors (Lipinski definition) is 12. The highest BCUT2D eigenvalue weighted by molar-refractivity contribution is 6.32. The van der Waals surface area contributed by atoms with Crippen molar-refractivity contribution in [2.24, 2.45) is 10.2 Å². The standard InChI is InChI=1S/C13H10ClN11O3/c1-5(26)28-11-6(3-15)9(24-25(11)13-17-4-18-23-13)22-21-7-8(14)19-12(16-2)20-10(7)27/h4H,1-2H3,(H,17,18,23)(H2,16,19,20,27). The fourth-order valence-electron chi connectivity index (χ4n) is 1.95. The second-order valence-electron chi connectivity index (χ2n) is 4.89. The van der Waals surface area contributed by atoms with Crippen LogP contribution in [0, 0.1) is 11.3 Å². The van der Waals surface area contributed by atoms with E-state index in [0.29, 0.717) is 0 Å². The van der Waals surface area contributed by atoms with Crippen molar-refractivity contribution in [3.05, 3.63) is 17.0 Å². The summed E-state index contributed by atoms with van der Waals surface area (Å²) < 4.78 is 6.06. The monoisotopic (exact) mass is 403 g/mol. The van der Waals surface area contributed by atoms with Gasteiger partial charge in [0, 0.05) is 14.0 Å². The van der Waals surface area contributed by atoms with Crippen molar-refractivity contribution in [3.8, 4) is 23.8 Å². The molecule has 3 rings (SSSR count). The maximum Gasteiger partial charge on any atom is 0.309 e. The van der Waals surface area contributed by atoms with Gasteiger partial charge in [-0.1, -0.05) is 11.6 Å². The summed E-state index contributed by atoms with van der Waals surface area (Å²) in [5, 5.41) is 39.6. The fourth-order valence-corrected chi connectivity index (χ4v) is 2.15. The van der Waals surface area contributed by atoms with Gasteiger partial charge in [0.2, 0.25) is 29.5 Å². The molecule has 15 heteroatoms. The van der Waals surface area contributed by atoms with Crippen molar-refractivity contribution in [1.82, 2.24) is 34.9 Å². The Labute approximate surface area is 160 Å². The average Bonchev–Trinajstić information content (AvgIpc) is 3.28. The number of carbonyl (C=O) groups is 1. The Morgan fingerprint density at radius 3 is 2.82 bits per heavy atom. The first-order chi connectivity index (χ1) is 13.4. The lowest BCUT2D eigenvalue weighted by Crippen LogP contribution is -2.09. The largest absolute Gasteiger partial charge is 0.492 e. The lowest BCUT2D eigenvalue weighted by molar-refractivity contribution is -0.132. The minimum atomic E-state index is -0.697. The van der Waals surface area contributed by atoms with Crippen molar-refractivity contribution in [2.75, 3.05) is 12.4 Å². The first-order valence-electron chi connectivity index (χ1n) is 7.37. The highest BCUT2D eigenvalue weighted by Gasteiger charge is 2.24. The number of anilines is 1. The Kier molecular flexibility index (Phi) is 5.09. The molecule has 0 fully saturated rings. The number of halogens is 1. The third kappa shape index (κ3) is 3.54. The molecule has 0 aliphatic heterocycles. The molecule has 3 N–H and O–H groups in total. The zero-order valence-corrected chi connectivity index (χ0v) is 15.0. The molecule has 0 spiro atoms. The molecule has 3 heterocycles. The average molecular weight is 404 g/mol. The van der Waals surface area contributed by atoms with E-state index >= 15 is 0 Å². The zero-order chi connectivity index (χ0) is 20.3. The van der Waals surface area contributed by atoms with Gasteiger partial charge in [-0.2, -0.15) is 30.0 Å². The predicted octanol–water partition coefficient (Wildman–Crippen LogP) is 1.39. The molecule has 142 valence electrons. The van der Waals surface area contributed by atoms with Crippen LogP contribution in [0.15, 0.2) is 16.6 Å². The minimum absolute atomic E-state index is 0.0665. The van der Waals surface area contributed by atoms with Gasteiger partial charge in [-0.25, -0.2) is 5.10 Å². The Bertz CT molecular complexity index is 1080. The molecule has 14 nitrogen and oxygen atoms in total. The van der Waals surface area contributed by atoms with E-state index < -0.39 is 11.8 Å². The molecule has 0 amide bonds. The highest BCUT2D eigenvalue weighted by atomic mass is 35.5. The summed E-state index contributed by atoms with van der Waals surface area (Å²) >= 11 is 5.95. The van der Waals surface area contributed by atoms with Gasteiger partial charge in [0.25, 0.3) is 0 Å². The predicted molar refractivity (Wildman–Crippen MR) is 92.0 cm³/mol. The number of ether oxygens (including phenoxy) is 1. The number of rotatable bonds is 5. The van der Waals surface area contributed by atoms with Gasteiger partial charge >= 0.3 is 5.97 Å². The van der Waals surface area contributed by atoms with Crippen LogP contribution in [0.2, 0.25) is 5.15 Å². The van der Waals surface area contributed by atoms with Crippen molar-refractivity contribution in [3.63, 3.8) is 0 Å². The molecule has 3 aromatic heterocycles. The third-order valence-electron chi connectivity index (χ3n) is 3.07. The molecule has 28 heavy (non-hydrogen) atoms. The molecule has 0 aliphatic carbocycles. The number of aromatic nitrogens is 7. The summed E-state index contributed by atoms with van der Waals surface area (Å²) in [7, 11) is 1.54. The molecule has 0 aromatic carbocycles. The number of nitriles is 1. The number of nitrogens with one attached hydrogen (secondary N) is 2. The van der Waals surface area contributed by atoms with Crippen LogP contribution in [0.3, 0.4) is 0 Å². The molecular weight excluding hydrogens is 394 g/mol. The second-order valence-corrected chi connectivity index (χ2v) is 5.25. The van der Waals surface area contributed by atoms with Gasteiger partial charge in [0.15, 0.2) is 16.4 Å². The van der Waals surface area contributed by atoms with E-state index in [9.17, 15) is 15.2 Å². The van der Waals surface area contributed by atoms with E-state index in [1.54, 1.807) is 0 Å². The van der Waals surface area contributed by atoms with Crippen molar-refractivity contribution >= 4 is 35.0 Å². The minimum Gasteiger partial charge on any atom is -0.492 e. The van der Waals surface area contributed by atoms with Crippen LogP contribution in [0.5, 0.6) is 11.8 Å². The Morgan fingerprint density at radius 2 is 2.25 bits per heavy atom. The van der Waals surface area contributed by atoms with Crippen LogP contribution in [0.25, 0.3) is 5.95 Å². The van der Waals surface area contributed by atoms with Crippen LogP contribution < -0.4 is 10.1 Å². The van der Waals surface area contributed by atoms with E-state index in [2.05, 4.69) is 45.8 Å². The number of H-pyrrole nitrogens is 1. The second kappa shape index (κ2) is 7.63. The number of aromatic amines is 1. The first-order valence-corrected chi connectivity index (χ1v) is 7.75. The molecule has 0 atom stereocenters. The van der Waals surface area contributed by atoms with Crippen LogP contribution in [0.1, 0.15) is 12.5 Å². The Balaban J connectivity index is 2.09. The van der Waals surface area contributed by atoms with E-state index in [1.807, 2.05) is 6.07 Å². The SMILES string of the molecule is CNc1nc(O)c(N=Nc2nn(-c3ncn[nH]3)c(OC(C)=O)c2C#N)c(Cl)n1. The molecular formula is C13H10ClN11O3. The van der Waals surface area contributed by atoms with E-state index in [4.69, 9.17) is 16.3 Å². The molecule has 0 saturated heterocycles. The molecule has 0 aliphatic rings. The molecule has 0 unspecified atom stereocenters. The molecule has 0 radical (unpaired) electrons. The van der Waals surface area contributed by atoms with Crippen LogP contribution >= 0.6 is 11.6 Å². The first kappa shape index (κ1) is 18.7. The number of hydrogen-bond donors (Lipinski definition) is 3. The van der Waals surface area contributed by atoms with Crippen molar-refractivity contribution in [1.29, 1.82) is 5.26 Å². The van der Waals surface area contributed by atoms with Crippen LogP contribution in [-0.4, -0.2) is 53.1 Å². The van der Waals surface area contributed by atoms with Gasteiger partial charge in [-0.05, 0) is 0 Å². The summed E-state index contributed by atoms with van der Waals surface area (Å²) in [5.74, 6) is -1.57. The summed E-state index contributed by atoms with van der Waals surface area (Å²) in [6.45, 7) is 1.15. The molecule has 0 saturated carbocycles. The van der Waals surface area contributed by atoms with Gasteiger partial charge in [0.1, 0.15) is 12.4 Å². The molecule has 0 bridgehead atoms. The van der Waals surface area contributed by atoms with Crippen molar-refractivity contribution < 1.29 is 14.6 Å². The normalized spacial score (nSPS) is 10.8. The van der Waals surface area contributed by atoms with Crippen LogP contribution in [0.4, 0.5) is 17.5 Å². The van der Waals surface area contributed by atoms with Gasteiger partial charge in [-0.3, -0.25) is 4.79 Å². The highest BCUT2D eigenvalue weighted by Crippen LogP contribution is 2.35. The van der Waals surface area contributed by atoms with Crippen molar-refractivity contribution in [2.45, 2.75) is 6.92 Å². The quantitative estimate of drug-likeness (QED) is 0.318. The number of carbonyl (C=O) groups excluding carboxylic acids is 1. The maximum absolute atomic E-state index is 11.4. The maximum atomic E-state index is 11.4. The zero-order valence-electron chi connectivity index (χ0n) is 14.2. The number of nitrogens with zero attached hydrogens (tertiary/aromatic N) is 9. The summed E-state index contributed by atoms with van der Waals surface area (Å²) in [4.78, 5) is 22.9. The summed E-state index contributed by atoms with van der Waals surface area (Å²) in [6, 6.07) is 1.82. The fraction of sp³-hybridized carbons (Fsp3) is 0.154. The third-order valence-corrected chi connectivity index (χ3v) is 3.33.